The highest BCUT2D eigenvalue weighted by Gasteiger charge is 2.48. The number of hydrogen-bond acceptors (Lipinski definition) is 4. The van der Waals surface area contributed by atoms with Gasteiger partial charge in [0.1, 0.15) is 0 Å². The van der Waals surface area contributed by atoms with Gasteiger partial charge in [0.05, 0.1) is 6.61 Å². The molecule has 0 aromatic heterocycles. The second-order valence-corrected chi connectivity index (χ2v) is 10.7. The van der Waals surface area contributed by atoms with E-state index in [0.29, 0.717) is 12.3 Å². The standard InChI is InChI=1S/C30H56O4/c1-6-7-8-9-10-11-12-13-14-15-16-17-18-21-24-30(27(4)31,28(5)32)29(33)34-25-22-19-20-23-26(2)3/h26H,6-25H2,1-5H3. The Kier molecular flexibility index (Phi) is 20.4. The number of ether oxygens (including phenoxy) is 1. The van der Waals surface area contributed by atoms with E-state index in [2.05, 4.69) is 20.8 Å². The maximum Gasteiger partial charge on any atom is 0.327 e. The van der Waals surface area contributed by atoms with Crippen molar-refractivity contribution in [2.75, 3.05) is 6.61 Å². The van der Waals surface area contributed by atoms with E-state index in [1.165, 1.54) is 84.5 Å². The Labute approximate surface area is 211 Å². The van der Waals surface area contributed by atoms with Crippen LogP contribution in [0.4, 0.5) is 0 Å². The van der Waals surface area contributed by atoms with Crippen LogP contribution in [0.3, 0.4) is 0 Å². The lowest BCUT2D eigenvalue weighted by Crippen LogP contribution is -2.45. The van der Waals surface area contributed by atoms with Crippen LogP contribution in [0.2, 0.25) is 0 Å². The quantitative estimate of drug-likeness (QED) is 0.0786. The van der Waals surface area contributed by atoms with Gasteiger partial charge in [-0.05, 0) is 32.6 Å². The van der Waals surface area contributed by atoms with Gasteiger partial charge in [-0.3, -0.25) is 14.4 Å². The third-order valence-corrected chi connectivity index (χ3v) is 7.11. The first kappa shape index (κ1) is 32.8. The van der Waals surface area contributed by atoms with Gasteiger partial charge in [0.25, 0.3) is 0 Å². The molecule has 0 aromatic rings. The molecule has 0 unspecified atom stereocenters. The van der Waals surface area contributed by atoms with Crippen molar-refractivity contribution < 1.29 is 19.1 Å². The van der Waals surface area contributed by atoms with Crippen LogP contribution in [0.5, 0.6) is 0 Å². The van der Waals surface area contributed by atoms with Crippen LogP contribution in [0.15, 0.2) is 0 Å². The van der Waals surface area contributed by atoms with E-state index >= 15 is 0 Å². The minimum Gasteiger partial charge on any atom is -0.465 e. The van der Waals surface area contributed by atoms with Gasteiger partial charge in [-0.15, -0.1) is 0 Å². The van der Waals surface area contributed by atoms with E-state index in [0.717, 1.165) is 38.5 Å². The molecule has 0 aromatic carbocycles. The van der Waals surface area contributed by atoms with E-state index in [1.807, 2.05) is 0 Å². The lowest BCUT2D eigenvalue weighted by atomic mass is 9.75. The number of rotatable bonds is 24. The Bertz CT molecular complexity index is 524. The predicted octanol–water partition coefficient (Wildman–Crippen LogP) is 8.78. The van der Waals surface area contributed by atoms with Crippen molar-refractivity contribution in [1.29, 1.82) is 0 Å². The fourth-order valence-corrected chi connectivity index (χ4v) is 4.69. The van der Waals surface area contributed by atoms with E-state index in [4.69, 9.17) is 4.74 Å². The first-order chi connectivity index (χ1) is 16.3. The average molecular weight is 481 g/mol. The molecule has 0 radical (unpaired) electrons. The zero-order valence-corrected chi connectivity index (χ0v) is 23.4. The number of carbonyl (C=O) groups is 3. The summed E-state index contributed by atoms with van der Waals surface area (Å²) >= 11 is 0. The van der Waals surface area contributed by atoms with Crippen molar-refractivity contribution >= 4 is 17.5 Å². The summed E-state index contributed by atoms with van der Waals surface area (Å²) in [5.41, 5.74) is -1.60. The van der Waals surface area contributed by atoms with Crippen LogP contribution in [0.1, 0.15) is 157 Å². The second kappa shape index (κ2) is 21.1. The van der Waals surface area contributed by atoms with Crippen molar-refractivity contribution in [3.05, 3.63) is 0 Å². The summed E-state index contributed by atoms with van der Waals surface area (Å²) in [7, 11) is 0. The zero-order chi connectivity index (χ0) is 25.7. The summed E-state index contributed by atoms with van der Waals surface area (Å²) in [5, 5.41) is 0. The minimum absolute atomic E-state index is 0.280. The Morgan fingerprint density at radius 3 is 1.44 bits per heavy atom. The number of carbonyl (C=O) groups excluding carboxylic acids is 3. The fraction of sp³-hybridized carbons (Fsp3) is 0.900. The topological polar surface area (TPSA) is 60.4 Å². The fourth-order valence-electron chi connectivity index (χ4n) is 4.69. The summed E-state index contributed by atoms with van der Waals surface area (Å²) in [5.74, 6) is -0.708. The first-order valence-corrected chi connectivity index (χ1v) is 14.5. The van der Waals surface area contributed by atoms with Gasteiger partial charge in [0, 0.05) is 0 Å². The van der Waals surface area contributed by atoms with Crippen LogP contribution in [0, 0.1) is 11.3 Å². The molecule has 0 saturated heterocycles. The van der Waals surface area contributed by atoms with Crippen LogP contribution in [0.25, 0.3) is 0 Å². The predicted molar refractivity (Wildman–Crippen MR) is 143 cm³/mol. The van der Waals surface area contributed by atoms with E-state index in [9.17, 15) is 14.4 Å². The summed E-state index contributed by atoms with van der Waals surface area (Å²) in [6, 6.07) is 0. The smallest absolute Gasteiger partial charge is 0.327 e. The lowest BCUT2D eigenvalue weighted by Gasteiger charge is -2.26. The first-order valence-electron chi connectivity index (χ1n) is 14.5. The average Bonchev–Trinajstić information content (AvgIpc) is 2.78. The Morgan fingerprint density at radius 1 is 0.618 bits per heavy atom. The molecule has 0 spiro atoms. The number of ketones is 2. The molecule has 0 aliphatic rings. The van der Waals surface area contributed by atoms with Gasteiger partial charge in [-0.25, -0.2) is 0 Å². The monoisotopic (exact) mass is 480 g/mol. The number of Topliss-reactive ketones (excluding diaryl/α,β-unsaturated/α-hetero) is 2. The highest BCUT2D eigenvalue weighted by molar-refractivity contribution is 6.21. The van der Waals surface area contributed by atoms with Gasteiger partial charge >= 0.3 is 5.97 Å². The van der Waals surface area contributed by atoms with E-state index in [-0.39, 0.29) is 24.6 Å². The molecule has 4 nitrogen and oxygen atoms in total. The van der Waals surface area contributed by atoms with Crippen LogP contribution in [-0.2, 0) is 19.1 Å². The van der Waals surface area contributed by atoms with Gasteiger partial charge in [-0.2, -0.15) is 0 Å². The molecule has 0 heterocycles. The van der Waals surface area contributed by atoms with Crippen molar-refractivity contribution in [1.82, 2.24) is 0 Å². The summed E-state index contributed by atoms with van der Waals surface area (Å²) in [6.07, 6.45) is 21.7. The number of hydrogen-bond donors (Lipinski definition) is 0. The summed E-state index contributed by atoms with van der Waals surface area (Å²) < 4.78 is 5.43. The number of esters is 1. The largest absolute Gasteiger partial charge is 0.465 e. The summed E-state index contributed by atoms with van der Waals surface area (Å²) in [4.78, 5) is 37.6. The Hall–Kier alpha value is -1.19. The van der Waals surface area contributed by atoms with Crippen LogP contribution < -0.4 is 0 Å². The van der Waals surface area contributed by atoms with Gasteiger partial charge in [0.15, 0.2) is 17.0 Å². The van der Waals surface area contributed by atoms with Crippen LogP contribution in [-0.4, -0.2) is 24.1 Å². The Balaban J connectivity index is 4.11. The third-order valence-electron chi connectivity index (χ3n) is 7.11. The molecule has 200 valence electrons. The SMILES string of the molecule is CCCCCCCCCCCCCCCCC(C(C)=O)(C(C)=O)C(=O)OCCCCCC(C)C. The highest BCUT2D eigenvalue weighted by Crippen LogP contribution is 2.30. The molecule has 0 amide bonds. The molecular weight excluding hydrogens is 424 g/mol. The maximum absolute atomic E-state index is 12.8. The summed E-state index contributed by atoms with van der Waals surface area (Å²) in [6.45, 7) is 9.66. The van der Waals surface area contributed by atoms with E-state index < -0.39 is 11.4 Å². The van der Waals surface area contributed by atoms with Crippen LogP contribution >= 0.6 is 0 Å². The van der Waals surface area contributed by atoms with Crippen molar-refractivity contribution in [3.63, 3.8) is 0 Å². The van der Waals surface area contributed by atoms with Crippen molar-refractivity contribution in [2.24, 2.45) is 11.3 Å². The zero-order valence-electron chi connectivity index (χ0n) is 23.4. The van der Waals surface area contributed by atoms with Gasteiger partial charge < -0.3 is 4.74 Å². The molecule has 0 saturated carbocycles. The number of unbranched alkanes of at least 4 members (excludes halogenated alkanes) is 15. The third kappa shape index (κ3) is 14.9. The molecule has 0 aliphatic carbocycles. The normalized spacial score (nSPS) is 11.7. The molecule has 0 rings (SSSR count). The van der Waals surface area contributed by atoms with Gasteiger partial charge in [-0.1, -0.05) is 130 Å². The maximum atomic E-state index is 12.8. The molecule has 0 fully saturated rings. The molecule has 0 aliphatic heterocycles. The highest BCUT2D eigenvalue weighted by atomic mass is 16.5. The molecule has 4 heteroatoms. The molecule has 0 bridgehead atoms. The molecule has 0 atom stereocenters. The lowest BCUT2D eigenvalue weighted by molar-refractivity contribution is -0.164. The van der Waals surface area contributed by atoms with Crippen molar-refractivity contribution in [3.8, 4) is 0 Å². The minimum atomic E-state index is -1.60. The van der Waals surface area contributed by atoms with Crippen molar-refractivity contribution in [2.45, 2.75) is 157 Å². The molecule has 34 heavy (non-hydrogen) atoms. The van der Waals surface area contributed by atoms with Gasteiger partial charge in [0.2, 0.25) is 0 Å². The van der Waals surface area contributed by atoms with E-state index in [1.54, 1.807) is 0 Å². The molecular formula is C30H56O4. The Morgan fingerprint density at radius 2 is 1.03 bits per heavy atom. The molecule has 0 N–H and O–H groups in total. The second-order valence-electron chi connectivity index (χ2n) is 10.7.